The standard InChI is InChI=1S/C26H19N3OS.C25H18N4OS.C25H18N3OS.C25H17N3OS.4Pt/c1-18-14-19(2)29(28-18)22-11-7-13-24(16-22)30-23-12-6-10-21(15-23)26-27-17-25(31-26)20-8-4-3-5-9-20;1-17-12-18(2)29(28-17)21-8-4-10-23(14-21)30-22-9-3-6-19(13-22)25-27-16-24(31-25)20-7-5-11-26-15-20;1-27-13-14-28(18-27)21-10-6-12-23(16-21)29-22-11-5-9-20(15-22)25-26-17-24(30-25)19-7-3-2-4-8-19;1-28-14-13-26-24(28)19-9-5-11-21(15-19)29-22-12-6-10-20(16-22)25-27-17-23(30-25)18-7-3-2-4-8-18;;;;/h3-14,17H,1-2H3;3-12,15-16H,1-2H3;2-14,17-18H,1H3;2-14,17H,1H3;;;;/q2*-2;-3;-2;;3*+2. The summed E-state index contributed by atoms with van der Waals surface area (Å²) in [6.45, 7) is 9.98. The minimum atomic E-state index is 0. The molecule has 632 valence electrons. The number of anilines is 1. The SMILES string of the molecule is CN1C=CN(c2[c-]c(Oc3[c-]c(-c4ncc(-c5ccccc5)s4)ccc3)ccc2)[CH-]1.Cc1cc(C)n(-c2[c-]c(Oc3[c-]c(-c4ncc(-c5ccccc5)s4)ccc3)ccc2)n1.Cc1cc(C)n(-c2[c-]c(Oc3[c-]c(-c4ncc(-c5cccnc5)s4)ccc3)ccc2)n1.Cn1ccnc1-c1[c-]c(Oc2[c-]c(-c3ncc(-c4ccccc4)s3)ccc2)ccc1.[Pt+2].[Pt+2].[Pt+2].[Pt]. The van der Waals surface area contributed by atoms with Crippen molar-refractivity contribution in [2.24, 2.45) is 7.05 Å². The molecule has 8 aromatic heterocycles. The fourth-order valence-corrected chi connectivity index (χ4v) is 16.5. The van der Waals surface area contributed by atoms with Crippen LogP contribution in [0.3, 0.4) is 0 Å². The summed E-state index contributed by atoms with van der Waals surface area (Å²) >= 11 is 6.53. The zero-order valence-electron chi connectivity index (χ0n) is 68.0. The first-order valence-electron chi connectivity index (χ1n) is 38.7. The number of thiazole rings is 4. The van der Waals surface area contributed by atoms with Gasteiger partial charge in [-0.15, -0.1) is 179 Å². The minimum absolute atomic E-state index is 0. The molecule has 11 aromatic carbocycles. The van der Waals surface area contributed by atoms with E-state index in [1.165, 1.54) is 5.56 Å². The molecule has 0 N–H and O–H groups in total. The Balaban J connectivity index is 0.000000142. The second-order valence-corrected chi connectivity index (χ2v) is 31.9. The smallest absolute Gasteiger partial charge is 0.510 e. The summed E-state index contributed by atoms with van der Waals surface area (Å²) in [6.07, 6.45) is 18.8. The normalized spacial score (nSPS) is 11.1. The zero-order valence-corrected chi connectivity index (χ0v) is 80.4. The van der Waals surface area contributed by atoms with Gasteiger partial charge in [0.1, 0.15) is 0 Å². The number of hydrogen-bond acceptors (Lipinski definition) is 18. The molecule has 0 saturated heterocycles. The molecular formula is C101H72N13O4Pt4S4-3. The van der Waals surface area contributed by atoms with Crippen LogP contribution in [0, 0.1) is 82.9 Å². The summed E-state index contributed by atoms with van der Waals surface area (Å²) in [7, 11) is 3.94. The summed E-state index contributed by atoms with van der Waals surface area (Å²) in [6, 6.07) is 112. The van der Waals surface area contributed by atoms with Crippen molar-refractivity contribution in [3.8, 4) is 153 Å². The first-order chi connectivity index (χ1) is 59.8. The molecule has 0 atom stereocenters. The van der Waals surface area contributed by atoms with Gasteiger partial charge in [-0.3, -0.25) is 39.3 Å². The maximum atomic E-state index is 6.07. The number of ether oxygens (including phenoxy) is 4. The second-order valence-electron chi connectivity index (χ2n) is 27.7. The summed E-state index contributed by atoms with van der Waals surface area (Å²) in [5.41, 5.74) is 15.6. The third kappa shape index (κ3) is 23.4. The van der Waals surface area contributed by atoms with Crippen molar-refractivity contribution in [1.29, 1.82) is 0 Å². The molecule has 9 heterocycles. The van der Waals surface area contributed by atoms with Gasteiger partial charge in [0.05, 0.1) is 17.2 Å². The molecule has 1 aliphatic heterocycles. The van der Waals surface area contributed by atoms with Crippen molar-refractivity contribution in [3.05, 3.63) is 401 Å². The van der Waals surface area contributed by atoms with Gasteiger partial charge < -0.3 is 33.3 Å². The first kappa shape index (κ1) is 91.7. The molecule has 0 unspecified atom stereocenters. The number of nitrogens with zero attached hydrogens (tertiary/aromatic N) is 13. The Hall–Kier alpha value is -12.0. The number of benzene rings is 11. The average Bonchev–Trinajstić information content (AvgIpc) is 1.73. The van der Waals surface area contributed by atoms with Gasteiger partial charge in [0.25, 0.3) is 0 Å². The van der Waals surface area contributed by atoms with Gasteiger partial charge in [-0.05, 0) is 93.4 Å². The van der Waals surface area contributed by atoms with E-state index < -0.39 is 0 Å². The predicted molar refractivity (Wildman–Crippen MR) is 486 cm³/mol. The molecule has 0 spiro atoms. The number of aryl methyl sites for hydroxylation is 5. The molecule has 126 heavy (non-hydrogen) atoms. The van der Waals surface area contributed by atoms with Gasteiger partial charge in [0.2, 0.25) is 0 Å². The van der Waals surface area contributed by atoms with Crippen molar-refractivity contribution >= 4 is 51.0 Å². The van der Waals surface area contributed by atoms with Crippen LogP contribution in [0.15, 0.2) is 323 Å². The van der Waals surface area contributed by atoms with Crippen molar-refractivity contribution in [3.63, 3.8) is 0 Å². The Labute approximate surface area is 805 Å². The number of aromatic nitrogens is 11. The Bertz CT molecular complexity index is 6590. The van der Waals surface area contributed by atoms with E-state index in [1.54, 1.807) is 57.7 Å². The van der Waals surface area contributed by atoms with Crippen LogP contribution in [0.1, 0.15) is 22.8 Å². The van der Waals surface area contributed by atoms with E-state index in [-0.39, 0.29) is 84.3 Å². The minimum Gasteiger partial charge on any atom is -0.510 e. The van der Waals surface area contributed by atoms with E-state index in [4.69, 9.17) is 18.9 Å². The third-order valence-corrected chi connectivity index (χ3v) is 22.9. The van der Waals surface area contributed by atoms with Crippen LogP contribution in [0.2, 0.25) is 0 Å². The fraction of sp³-hybridized carbons (Fsp3) is 0.0594. The van der Waals surface area contributed by atoms with E-state index in [0.717, 1.165) is 130 Å². The second kappa shape index (κ2) is 43.8. The molecule has 1 aliphatic rings. The van der Waals surface area contributed by atoms with Gasteiger partial charge in [-0.2, -0.15) is 80.4 Å². The molecular weight excluding hydrogens is 2370 g/mol. The van der Waals surface area contributed by atoms with Gasteiger partial charge in [0, 0.05) is 180 Å². The van der Waals surface area contributed by atoms with E-state index >= 15 is 0 Å². The molecule has 0 radical (unpaired) electrons. The van der Waals surface area contributed by atoms with Crippen LogP contribution < -0.4 is 23.8 Å². The summed E-state index contributed by atoms with van der Waals surface area (Å²) in [5.74, 6) is 5.81. The van der Waals surface area contributed by atoms with Crippen LogP contribution in [-0.4, -0.2) is 66.0 Å². The third-order valence-electron chi connectivity index (χ3n) is 18.6. The van der Waals surface area contributed by atoms with Crippen molar-refractivity contribution in [1.82, 2.24) is 58.9 Å². The fourth-order valence-electron chi connectivity index (χ4n) is 12.9. The molecule has 0 saturated carbocycles. The molecule has 17 nitrogen and oxygen atoms in total. The number of hydrogen-bond donors (Lipinski definition) is 0. The Kier molecular flexibility index (Phi) is 31.8. The van der Waals surface area contributed by atoms with Crippen LogP contribution >= 0.6 is 45.3 Å². The van der Waals surface area contributed by atoms with Crippen molar-refractivity contribution < 1.29 is 103 Å². The Morgan fingerprint density at radius 3 is 0.968 bits per heavy atom. The van der Waals surface area contributed by atoms with Crippen LogP contribution in [-0.2, 0) is 91.3 Å². The molecule has 0 fully saturated rings. The van der Waals surface area contributed by atoms with E-state index in [1.807, 2.05) is 346 Å². The summed E-state index contributed by atoms with van der Waals surface area (Å²) in [4.78, 5) is 35.3. The largest absolute Gasteiger partial charge is 2.00 e. The van der Waals surface area contributed by atoms with Crippen LogP contribution in [0.5, 0.6) is 46.0 Å². The summed E-state index contributed by atoms with van der Waals surface area (Å²) < 4.78 is 29.9. The van der Waals surface area contributed by atoms with E-state index in [0.29, 0.717) is 46.0 Å². The van der Waals surface area contributed by atoms with Gasteiger partial charge in [0.15, 0.2) is 0 Å². The molecule has 20 rings (SSSR count). The van der Waals surface area contributed by atoms with Gasteiger partial charge >= 0.3 is 63.2 Å². The topological polar surface area (TPSA) is 161 Å². The molecule has 25 heteroatoms. The zero-order chi connectivity index (χ0) is 83.1. The van der Waals surface area contributed by atoms with Crippen molar-refractivity contribution in [2.45, 2.75) is 27.7 Å². The van der Waals surface area contributed by atoms with Crippen molar-refractivity contribution in [2.75, 3.05) is 11.9 Å². The molecule has 0 aliphatic carbocycles. The molecule has 19 aromatic rings. The maximum absolute atomic E-state index is 6.07. The predicted octanol–water partition coefficient (Wildman–Crippen LogP) is 25.2. The monoisotopic (exact) mass is 2440 g/mol. The van der Waals surface area contributed by atoms with Gasteiger partial charge in [-0.25, -0.2) is 0 Å². The first-order valence-corrected chi connectivity index (χ1v) is 42.0. The Morgan fingerprint density at radius 1 is 0.317 bits per heavy atom. The van der Waals surface area contributed by atoms with Crippen LogP contribution in [0.25, 0.3) is 107 Å². The molecule has 0 amide bonds. The van der Waals surface area contributed by atoms with Crippen LogP contribution in [0.4, 0.5) is 5.69 Å². The van der Waals surface area contributed by atoms with Gasteiger partial charge in [-0.1, -0.05) is 127 Å². The van der Waals surface area contributed by atoms with E-state index in [9.17, 15) is 0 Å². The molecule has 0 bridgehead atoms. The summed E-state index contributed by atoms with van der Waals surface area (Å²) in [5, 5.41) is 12.7. The Morgan fingerprint density at radius 2 is 0.643 bits per heavy atom. The number of pyridine rings is 1. The maximum Gasteiger partial charge on any atom is 2.00 e. The average molecular weight is 2440 g/mol. The number of imidazole rings is 1. The quantitative estimate of drug-likeness (QED) is 0.0663. The van der Waals surface area contributed by atoms with E-state index in [2.05, 4.69) is 125 Å². The number of rotatable bonds is 20.